The average molecular weight is 536 g/mol. The summed E-state index contributed by atoms with van der Waals surface area (Å²) in [4.78, 5) is 39.7. The number of ether oxygens (including phenoxy) is 1. The highest BCUT2D eigenvalue weighted by atomic mass is 17.2. The van der Waals surface area contributed by atoms with Gasteiger partial charge in [-0.15, -0.1) is 0 Å². The smallest absolute Gasteiger partial charge is 0.313 e. The lowest BCUT2D eigenvalue weighted by atomic mass is 9.40. The summed E-state index contributed by atoms with van der Waals surface area (Å²) >= 11 is 0. The fraction of sp³-hybridized carbons (Fsp3) is 0.273. The number of hydrogen-bond acceptors (Lipinski definition) is 5. The van der Waals surface area contributed by atoms with Crippen LogP contribution in [0.2, 0.25) is 0 Å². The topological polar surface area (TPSA) is 85.3 Å². The zero-order valence-corrected chi connectivity index (χ0v) is 22.1. The standard InChI is InChI=1S/C33H29NO6/c1-20(23-7-4-6-10-29(23)38-2)30(35)34-18-27-25-13-15-32(33(27,19-34)31(36)37,26-9-5-3-8-24(25)26)22-11-12-28-21(17-22)14-16-39-40-28/h3-12,14,16-17,25,27H,1,13,15,18-19H2,2H3,(H,36,37). The van der Waals surface area contributed by atoms with Crippen molar-refractivity contribution in [3.63, 3.8) is 0 Å². The fourth-order valence-electron chi connectivity index (χ4n) is 8.07. The first-order valence-corrected chi connectivity index (χ1v) is 13.5. The first-order valence-electron chi connectivity index (χ1n) is 13.5. The molecule has 3 aliphatic carbocycles. The van der Waals surface area contributed by atoms with Gasteiger partial charge in [0.15, 0.2) is 5.75 Å². The second kappa shape index (κ2) is 8.74. The van der Waals surface area contributed by atoms with Crippen LogP contribution in [0.1, 0.15) is 46.6 Å². The molecule has 3 aromatic rings. The number of aliphatic carboxylic acids is 1. The minimum atomic E-state index is -1.22. The lowest BCUT2D eigenvalue weighted by Gasteiger charge is -2.60. The Balaban J connectivity index is 1.39. The molecule has 4 atom stereocenters. The van der Waals surface area contributed by atoms with Crippen molar-refractivity contribution in [1.82, 2.24) is 4.90 Å². The Morgan fingerprint density at radius 3 is 2.73 bits per heavy atom. The molecule has 2 fully saturated rings. The fourth-order valence-corrected chi connectivity index (χ4v) is 8.07. The van der Waals surface area contributed by atoms with E-state index in [4.69, 9.17) is 14.5 Å². The zero-order chi connectivity index (χ0) is 27.6. The van der Waals surface area contributed by atoms with E-state index in [1.165, 1.54) is 11.8 Å². The molecule has 2 heterocycles. The van der Waals surface area contributed by atoms with Gasteiger partial charge in [-0.1, -0.05) is 55.1 Å². The Bertz CT molecular complexity index is 1610. The number of carboxylic acid groups (broad SMARTS) is 1. The Labute approximate surface area is 232 Å². The zero-order valence-electron chi connectivity index (χ0n) is 22.1. The van der Waals surface area contributed by atoms with E-state index in [0.717, 1.165) is 23.1 Å². The largest absolute Gasteiger partial charge is 0.496 e. The number of nitrogens with zero attached hydrogens (tertiary/aromatic N) is 1. The third kappa shape index (κ3) is 3.06. The molecule has 202 valence electrons. The summed E-state index contributed by atoms with van der Waals surface area (Å²) in [6.45, 7) is 4.57. The van der Waals surface area contributed by atoms with Gasteiger partial charge in [0.1, 0.15) is 17.4 Å². The summed E-state index contributed by atoms with van der Waals surface area (Å²) in [7, 11) is 1.56. The molecular formula is C33H29NO6. The Kier molecular flexibility index (Phi) is 5.36. The third-order valence-corrected chi connectivity index (χ3v) is 9.69. The summed E-state index contributed by atoms with van der Waals surface area (Å²) in [5.74, 6) is -0.213. The van der Waals surface area contributed by atoms with E-state index >= 15 is 0 Å². The molecule has 1 N–H and O–H groups in total. The van der Waals surface area contributed by atoms with Crippen LogP contribution in [0.15, 0.2) is 79.6 Å². The van der Waals surface area contributed by atoms with Crippen LogP contribution in [-0.2, 0) is 19.9 Å². The van der Waals surface area contributed by atoms with Gasteiger partial charge in [-0.3, -0.25) is 19.4 Å². The first kappa shape index (κ1) is 24.5. The maximum Gasteiger partial charge on any atom is 0.313 e. The van der Waals surface area contributed by atoms with Crippen LogP contribution in [0.25, 0.3) is 11.6 Å². The van der Waals surface area contributed by atoms with Crippen LogP contribution in [0, 0.1) is 11.3 Å². The molecule has 0 aromatic heterocycles. The summed E-state index contributed by atoms with van der Waals surface area (Å²) in [6.07, 6.45) is 4.82. The minimum Gasteiger partial charge on any atom is -0.496 e. The van der Waals surface area contributed by atoms with E-state index in [1.807, 2.05) is 54.6 Å². The van der Waals surface area contributed by atoms with Crippen LogP contribution < -0.4 is 9.62 Å². The van der Waals surface area contributed by atoms with Gasteiger partial charge in [0.05, 0.1) is 7.11 Å². The normalized spacial score (nSPS) is 27.1. The van der Waals surface area contributed by atoms with Crippen molar-refractivity contribution >= 4 is 23.5 Å². The summed E-state index contributed by atoms with van der Waals surface area (Å²) in [6, 6.07) is 21.3. The first-order chi connectivity index (χ1) is 19.4. The highest BCUT2D eigenvalue weighted by molar-refractivity contribution is 6.19. The van der Waals surface area contributed by atoms with Crippen molar-refractivity contribution in [2.75, 3.05) is 20.2 Å². The SMILES string of the molecule is C=C(C(=O)N1CC2C3CCC(c4ccc5c(c4)C=COO5)(c4ccccc43)C2(C(=O)O)C1)c1ccccc1OC. The van der Waals surface area contributed by atoms with Crippen LogP contribution in [0.4, 0.5) is 0 Å². The van der Waals surface area contributed by atoms with E-state index in [9.17, 15) is 14.7 Å². The predicted molar refractivity (Wildman–Crippen MR) is 149 cm³/mol. The molecule has 1 saturated carbocycles. The van der Waals surface area contributed by atoms with Crippen molar-refractivity contribution in [3.05, 3.63) is 107 Å². The molecule has 3 aromatic carbocycles. The Hall–Kier alpha value is -4.52. The van der Waals surface area contributed by atoms with E-state index in [-0.39, 0.29) is 24.3 Å². The maximum absolute atomic E-state index is 14.0. The second-order valence-corrected chi connectivity index (χ2v) is 11.1. The van der Waals surface area contributed by atoms with Crippen LogP contribution >= 0.6 is 0 Å². The number of methoxy groups -OCH3 is 1. The number of carboxylic acids is 1. The summed E-state index contributed by atoms with van der Waals surface area (Å²) in [5.41, 5.74) is 2.82. The Morgan fingerprint density at radius 2 is 1.90 bits per heavy atom. The molecule has 5 aliphatic rings. The van der Waals surface area contributed by atoms with E-state index < -0.39 is 16.8 Å². The molecule has 4 unspecified atom stereocenters. The average Bonchev–Trinajstić information content (AvgIpc) is 3.44. The lowest BCUT2D eigenvalue weighted by Crippen LogP contribution is -2.63. The van der Waals surface area contributed by atoms with Crippen molar-refractivity contribution in [3.8, 4) is 11.5 Å². The number of hydrogen-bond donors (Lipinski definition) is 1. The second-order valence-electron chi connectivity index (χ2n) is 11.1. The van der Waals surface area contributed by atoms with Gasteiger partial charge in [0.2, 0.25) is 0 Å². The van der Waals surface area contributed by atoms with Gasteiger partial charge < -0.3 is 14.7 Å². The minimum absolute atomic E-state index is 0.0424. The number of para-hydroxylation sites is 1. The number of amides is 1. The highest BCUT2D eigenvalue weighted by Crippen LogP contribution is 2.70. The van der Waals surface area contributed by atoms with Crippen molar-refractivity contribution in [2.45, 2.75) is 24.2 Å². The van der Waals surface area contributed by atoms with Gasteiger partial charge in [-0.25, -0.2) is 0 Å². The number of rotatable bonds is 5. The number of carbonyl (C=O) groups excluding carboxylic acids is 1. The van der Waals surface area contributed by atoms with Crippen molar-refractivity contribution < 1.29 is 29.2 Å². The number of likely N-dealkylation sites (tertiary alicyclic amines) is 1. The number of benzene rings is 3. The summed E-state index contributed by atoms with van der Waals surface area (Å²) < 4.78 is 5.49. The van der Waals surface area contributed by atoms with Gasteiger partial charge in [0, 0.05) is 41.1 Å². The lowest BCUT2D eigenvalue weighted by molar-refractivity contribution is -0.160. The molecule has 0 radical (unpaired) electrons. The molecule has 40 heavy (non-hydrogen) atoms. The molecule has 0 spiro atoms. The third-order valence-electron chi connectivity index (χ3n) is 9.69. The molecule has 1 amide bonds. The van der Waals surface area contributed by atoms with Gasteiger partial charge in [-0.2, -0.15) is 0 Å². The van der Waals surface area contributed by atoms with Gasteiger partial charge in [-0.05, 0) is 59.7 Å². The molecule has 2 aliphatic heterocycles. The Morgan fingerprint density at radius 1 is 1.10 bits per heavy atom. The van der Waals surface area contributed by atoms with Crippen LogP contribution in [0.5, 0.6) is 11.5 Å². The van der Waals surface area contributed by atoms with Crippen molar-refractivity contribution in [1.29, 1.82) is 0 Å². The van der Waals surface area contributed by atoms with E-state index in [1.54, 1.807) is 18.1 Å². The molecule has 7 nitrogen and oxygen atoms in total. The quantitative estimate of drug-likeness (QED) is 0.347. The van der Waals surface area contributed by atoms with Crippen molar-refractivity contribution in [2.24, 2.45) is 11.3 Å². The molecular weight excluding hydrogens is 506 g/mol. The molecule has 8 rings (SSSR count). The monoisotopic (exact) mass is 535 g/mol. The number of carbonyl (C=O) groups is 2. The van der Waals surface area contributed by atoms with Gasteiger partial charge >= 0.3 is 5.97 Å². The van der Waals surface area contributed by atoms with E-state index in [0.29, 0.717) is 35.6 Å². The molecule has 7 heteroatoms. The highest BCUT2D eigenvalue weighted by Gasteiger charge is 2.72. The predicted octanol–water partition coefficient (Wildman–Crippen LogP) is 5.41. The van der Waals surface area contributed by atoms with Crippen LogP contribution in [-0.4, -0.2) is 42.1 Å². The summed E-state index contributed by atoms with van der Waals surface area (Å²) in [5, 5.41) is 11.2. The van der Waals surface area contributed by atoms with E-state index in [2.05, 4.69) is 18.7 Å². The van der Waals surface area contributed by atoms with Crippen LogP contribution in [0.3, 0.4) is 0 Å². The molecule has 2 bridgehead atoms. The van der Waals surface area contributed by atoms with Gasteiger partial charge in [0.25, 0.3) is 5.91 Å². The number of fused-ring (bicyclic) bond motifs is 2. The maximum atomic E-state index is 14.0. The molecule has 1 saturated heterocycles.